The van der Waals surface area contributed by atoms with Crippen molar-refractivity contribution in [3.05, 3.63) is 63.1 Å². The Hall–Kier alpha value is -1.22. The smallest absolute Gasteiger partial charge is 0.0465 e. The quantitative estimate of drug-likeness (QED) is 0.845. The number of halogens is 2. The molecule has 1 heterocycles. The molecule has 0 amide bonds. The van der Waals surface area contributed by atoms with E-state index in [2.05, 4.69) is 11.0 Å². The third-order valence-electron chi connectivity index (χ3n) is 3.46. The lowest BCUT2D eigenvalue weighted by Gasteiger charge is -2.16. The number of fused-ring (bicyclic) bond motifs is 1. The van der Waals surface area contributed by atoms with Crippen molar-refractivity contribution in [3.8, 4) is 0 Å². The highest BCUT2D eigenvalue weighted by Crippen LogP contribution is 2.30. The van der Waals surface area contributed by atoms with Gasteiger partial charge in [-0.1, -0.05) is 35.3 Å². The Morgan fingerprint density at radius 3 is 2.42 bits per heavy atom. The molecule has 3 rings (SSSR count). The van der Waals surface area contributed by atoms with Gasteiger partial charge in [0.05, 0.1) is 0 Å². The van der Waals surface area contributed by atoms with Crippen LogP contribution in [-0.2, 0) is 19.6 Å². The van der Waals surface area contributed by atoms with Gasteiger partial charge in [-0.2, -0.15) is 0 Å². The summed E-state index contributed by atoms with van der Waals surface area (Å²) in [7, 11) is 0. The molecule has 1 aliphatic heterocycles. The highest BCUT2D eigenvalue weighted by Gasteiger charge is 2.20. The standard InChI is InChI=1S/C15H14Cl2N2/c16-14-2-1-3-15(17)13(14)9-19-7-10-4-5-12(18)6-11(10)8-19/h1-6H,7-9,18H2. The second kappa shape index (κ2) is 5.04. The van der Waals surface area contributed by atoms with E-state index in [1.807, 2.05) is 30.3 Å². The topological polar surface area (TPSA) is 29.3 Å². The lowest BCUT2D eigenvalue weighted by atomic mass is 10.1. The van der Waals surface area contributed by atoms with Gasteiger partial charge in [0, 0.05) is 40.9 Å². The molecule has 0 aliphatic carbocycles. The number of rotatable bonds is 2. The van der Waals surface area contributed by atoms with Crippen LogP contribution in [0.25, 0.3) is 0 Å². The summed E-state index contributed by atoms with van der Waals surface area (Å²) in [4.78, 5) is 2.32. The number of hydrogen-bond donors (Lipinski definition) is 1. The molecule has 0 aromatic heterocycles. The molecule has 98 valence electrons. The maximum atomic E-state index is 6.21. The monoisotopic (exact) mass is 292 g/mol. The Labute approximate surface area is 122 Å². The molecular formula is C15H14Cl2N2. The molecule has 0 spiro atoms. The predicted molar refractivity (Wildman–Crippen MR) is 80.3 cm³/mol. The Balaban J connectivity index is 1.81. The predicted octanol–water partition coefficient (Wildman–Crippen LogP) is 4.09. The van der Waals surface area contributed by atoms with Crippen molar-refractivity contribution in [1.82, 2.24) is 4.90 Å². The fourth-order valence-corrected chi connectivity index (χ4v) is 3.02. The normalized spacial score (nSPS) is 14.6. The van der Waals surface area contributed by atoms with E-state index in [0.717, 1.165) is 40.9 Å². The first-order valence-corrected chi connectivity index (χ1v) is 6.91. The number of nitrogens with zero attached hydrogens (tertiary/aromatic N) is 1. The summed E-state index contributed by atoms with van der Waals surface area (Å²) in [6.45, 7) is 2.56. The van der Waals surface area contributed by atoms with Crippen LogP contribution in [0.1, 0.15) is 16.7 Å². The van der Waals surface area contributed by atoms with E-state index in [1.54, 1.807) is 0 Å². The summed E-state index contributed by atoms with van der Waals surface area (Å²) in [5, 5.41) is 1.45. The molecule has 19 heavy (non-hydrogen) atoms. The summed E-state index contributed by atoms with van der Waals surface area (Å²) in [6, 6.07) is 11.7. The first-order valence-electron chi connectivity index (χ1n) is 6.16. The van der Waals surface area contributed by atoms with E-state index in [4.69, 9.17) is 28.9 Å². The van der Waals surface area contributed by atoms with Gasteiger partial charge in [0.25, 0.3) is 0 Å². The van der Waals surface area contributed by atoms with Gasteiger partial charge in [-0.3, -0.25) is 4.90 Å². The molecule has 2 aromatic rings. The van der Waals surface area contributed by atoms with E-state index in [-0.39, 0.29) is 0 Å². The summed E-state index contributed by atoms with van der Waals surface area (Å²) >= 11 is 12.4. The number of benzene rings is 2. The zero-order chi connectivity index (χ0) is 13.4. The van der Waals surface area contributed by atoms with Gasteiger partial charge < -0.3 is 5.73 Å². The van der Waals surface area contributed by atoms with Crippen molar-refractivity contribution in [1.29, 1.82) is 0 Å². The SMILES string of the molecule is Nc1ccc2c(c1)CN(Cc1c(Cl)cccc1Cl)C2. The Kier molecular flexibility index (Phi) is 3.40. The van der Waals surface area contributed by atoms with E-state index >= 15 is 0 Å². The number of hydrogen-bond acceptors (Lipinski definition) is 2. The van der Waals surface area contributed by atoms with Crippen LogP contribution in [0, 0.1) is 0 Å². The molecule has 2 aromatic carbocycles. The van der Waals surface area contributed by atoms with Crippen LogP contribution in [0.15, 0.2) is 36.4 Å². The molecular weight excluding hydrogens is 279 g/mol. The van der Waals surface area contributed by atoms with E-state index < -0.39 is 0 Å². The molecule has 0 unspecified atom stereocenters. The van der Waals surface area contributed by atoms with Crippen LogP contribution in [-0.4, -0.2) is 4.90 Å². The Morgan fingerprint density at radius 1 is 1.00 bits per heavy atom. The van der Waals surface area contributed by atoms with Gasteiger partial charge in [0.2, 0.25) is 0 Å². The molecule has 2 N–H and O–H groups in total. The van der Waals surface area contributed by atoms with E-state index in [0.29, 0.717) is 0 Å². The molecule has 1 aliphatic rings. The zero-order valence-corrected chi connectivity index (χ0v) is 11.9. The van der Waals surface area contributed by atoms with Crippen LogP contribution in [0.3, 0.4) is 0 Å². The average molecular weight is 293 g/mol. The fraction of sp³-hybridized carbons (Fsp3) is 0.200. The number of anilines is 1. The lowest BCUT2D eigenvalue weighted by molar-refractivity contribution is 0.275. The number of nitrogens with two attached hydrogens (primary N) is 1. The molecule has 2 nitrogen and oxygen atoms in total. The minimum absolute atomic E-state index is 0.725. The third kappa shape index (κ3) is 2.57. The highest BCUT2D eigenvalue weighted by molar-refractivity contribution is 6.35. The molecule has 4 heteroatoms. The minimum atomic E-state index is 0.725. The van der Waals surface area contributed by atoms with Crippen molar-refractivity contribution in [3.63, 3.8) is 0 Å². The van der Waals surface area contributed by atoms with Crippen LogP contribution in [0.5, 0.6) is 0 Å². The van der Waals surface area contributed by atoms with E-state index in [9.17, 15) is 0 Å². The van der Waals surface area contributed by atoms with Gasteiger partial charge in [0.15, 0.2) is 0 Å². The summed E-state index contributed by atoms with van der Waals surface area (Å²) in [5.74, 6) is 0. The number of nitrogen functional groups attached to an aromatic ring is 1. The van der Waals surface area contributed by atoms with Gasteiger partial charge >= 0.3 is 0 Å². The molecule has 0 atom stereocenters. The third-order valence-corrected chi connectivity index (χ3v) is 4.17. The second-order valence-electron chi connectivity index (χ2n) is 4.87. The summed E-state index contributed by atoms with van der Waals surface area (Å²) in [5.41, 5.74) is 10.3. The molecule has 0 saturated carbocycles. The van der Waals surface area contributed by atoms with Crippen LogP contribution < -0.4 is 5.73 Å². The lowest BCUT2D eigenvalue weighted by Crippen LogP contribution is -2.16. The van der Waals surface area contributed by atoms with Crippen LogP contribution in [0.4, 0.5) is 5.69 Å². The first kappa shape index (κ1) is 12.8. The van der Waals surface area contributed by atoms with E-state index in [1.165, 1.54) is 11.1 Å². The van der Waals surface area contributed by atoms with Crippen molar-refractivity contribution in [2.24, 2.45) is 0 Å². The van der Waals surface area contributed by atoms with Crippen LogP contribution in [0.2, 0.25) is 10.0 Å². The Morgan fingerprint density at radius 2 is 1.68 bits per heavy atom. The van der Waals surface area contributed by atoms with Crippen molar-refractivity contribution < 1.29 is 0 Å². The molecule has 0 radical (unpaired) electrons. The maximum Gasteiger partial charge on any atom is 0.0465 e. The van der Waals surface area contributed by atoms with Crippen molar-refractivity contribution >= 4 is 28.9 Å². The zero-order valence-electron chi connectivity index (χ0n) is 10.4. The van der Waals surface area contributed by atoms with Crippen molar-refractivity contribution in [2.45, 2.75) is 19.6 Å². The minimum Gasteiger partial charge on any atom is -0.399 e. The maximum absolute atomic E-state index is 6.21. The fourth-order valence-electron chi connectivity index (χ4n) is 2.50. The first-order chi connectivity index (χ1) is 9.13. The summed E-state index contributed by atoms with van der Waals surface area (Å²) < 4.78 is 0. The average Bonchev–Trinajstić information content (AvgIpc) is 2.75. The van der Waals surface area contributed by atoms with Gasteiger partial charge in [0.1, 0.15) is 0 Å². The van der Waals surface area contributed by atoms with Gasteiger partial charge in [-0.15, -0.1) is 0 Å². The largest absolute Gasteiger partial charge is 0.399 e. The van der Waals surface area contributed by atoms with Crippen molar-refractivity contribution in [2.75, 3.05) is 5.73 Å². The summed E-state index contributed by atoms with van der Waals surface area (Å²) in [6.07, 6.45) is 0. The Bertz CT molecular complexity index is 605. The van der Waals surface area contributed by atoms with Gasteiger partial charge in [-0.05, 0) is 35.4 Å². The van der Waals surface area contributed by atoms with Gasteiger partial charge in [-0.25, -0.2) is 0 Å². The molecule has 0 saturated heterocycles. The molecule has 0 fully saturated rings. The highest BCUT2D eigenvalue weighted by atomic mass is 35.5. The molecule has 0 bridgehead atoms. The van der Waals surface area contributed by atoms with Crippen LogP contribution >= 0.6 is 23.2 Å². The second-order valence-corrected chi connectivity index (χ2v) is 5.69.